The summed E-state index contributed by atoms with van der Waals surface area (Å²) in [5, 5.41) is 9.24. The van der Waals surface area contributed by atoms with Gasteiger partial charge >= 0.3 is 6.03 Å². The van der Waals surface area contributed by atoms with Crippen LogP contribution in [-0.2, 0) is 6.42 Å². The number of para-hydroxylation sites is 1. The number of urea groups is 1. The van der Waals surface area contributed by atoms with E-state index in [0.717, 1.165) is 29.9 Å². The minimum absolute atomic E-state index is 0.102. The van der Waals surface area contributed by atoms with Crippen molar-refractivity contribution >= 4 is 17.4 Å². The summed E-state index contributed by atoms with van der Waals surface area (Å²) in [4.78, 5) is 12.1. The number of hydrogen-bond acceptors (Lipinski definition) is 2. The second-order valence-electron chi connectivity index (χ2n) is 5.41. The lowest BCUT2D eigenvalue weighted by Gasteiger charge is -2.27. The molecule has 108 valence electrons. The Balaban J connectivity index is 1.59. The molecular weight excluding hydrogens is 262 g/mol. The third-order valence-electron chi connectivity index (χ3n) is 3.63. The lowest BCUT2D eigenvalue weighted by Crippen LogP contribution is -2.45. The molecule has 0 bridgehead atoms. The lowest BCUT2D eigenvalue weighted by molar-refractivity contribution is 0.248. The standard InChI is InChI=1S/C17H19N3O/c1-12-5-4-7-14(9-12)19-17(21)20-15-10-13-6-2-3-8-16(13)18-11-15/h2-9,15,18H,10-11H2,1H3,(H2,19,20,21). The van der Waals surface area contributed by atoms with Gasteiger partial charge in [0.1, 0.15) is 0 Å². The molecule has 3 rings (SSSR count). The van der Waals surface area contributed by atoms with Gasteiger partial charge in [-0.3, -0.25) is 0 Å². The van der Waals surface area contributed by atoms with Crippen LogP contribution in [0.1, 0.15) is 11.1 Å². The van der Waals surface area contributed by atoms with Crippen LogP contribution in [0.5, 0.6) is 0 Å². The SMILES string of the molecule is Cc1cccc(NC(=O)NC2CNc3ccccc3C2)c1. The van der Waals surface area contributed by atoms with Crippen molar-refractivity contribution in [2.45, 2.75) is 19.4 Å². The summed E-state index contributed by atoms with van der Waals surface area (Å²) >= 11 is 0. The monoisotopic (exact) mass is 281 g/mol. The quantitative estimate of drug-likeness (QED) is 0.792. The third-order valence-corrected chi connectivity index (χ3v) is 3.63. The number of amides is 2. The number of hydrogen-bond donors (Lipinski definition) is 3. The van der Waals surface area contributed by atoms with Crippen LogP contribution < -0.4 is 16.0 Å². The molecular formula is C17H19N3O. The molecule has 1 aliphatic rings. The molecule has 2 aromatic rings. The lowest BCUT2D eigenvalue weighted by atomic mass is 10.00. The van der Waals surface area contributed by atoms with Gasteiger partial charge in [-0.05, 0) is 42.7 Å². The van der Waals surface area contributed by atoms with Crippen LogP contribution >= 0.6 is 0 Å². The van der Waals surface area contributed by atoms with Gasteiger partial charge in [0, 0.05) is 17.9 Å². The second-order valence-corrected chi connectivity index (χ2v) is 5.41. The van der Waals surface area contributed by atoms with Gasteiger partial charge in [0.15, 0.2) is 0 Å². The van der Waals surface area contributed by atoms with Crippen LogP contribution in [0.2, 0.25) is 0 Å². The Morgan fingerprint density at radius 2 is 2.05 bits per heavy atom. The van der Waals surface area contributed by atoms with E-state index in [1.165, 1.54) is 5.56 Å². The molecule has 0 aromatic heterocycles. The molecule has 4 heteroatoms. The largest absolute Gasteiger partial charge is 0.383 e. The molecule has 2 aromatic carbocycles. The first kappa shape index (κ1) is 13.5. The van der Waals surface area contributed by atoms with Crippen LogP contribution in [-0.4, -0.2) is 18.6 Å². The molecule has 1 heterocycles. The molecule has 1 unspecified atom stereocenters. The zero-order chi connectivity index (χ0) is 14.7. The van der Waals surface area contributed by atoms with Crippen molar-refractivity contribution < 1.29 is 4.79 Å². The average Bonchev–Trinajstić information content (AvgIpc) is 2.47. The van der Waals surface area contributed by atoms with Gasteiger partial charge in [0.25, 0.3) is 0 Å². The molecule has 0 aliphatic carbocycles. The van der Waals surface area contributed by atoms with E-state index in [0.29, 0.717) is 0 Å². The van der Waals surface area contributed by atoms with Gasteiger partial charge in [0.2, 0.25) is 0 Å². The molecule has 3 N–H and O–H groups in total. The Morgan fingerprint density at radius 3 is 2.90 bits per heavy atom. The minimum atomic E-state index is -0.160. The summed E-state index contributed by atoms with van der Waals surface area (Å²) in [6, 6.07) is 15.9. The normalized spacial score (nSPS) is 16.5. The van der Waals surface area contributed by atoms with Crippen LogP contribution in [0.3, 0.4) is 0 Å². The van der Waals surface area contributed by atoms with E-state index in [4.69, 9.17) is 0 Å². The minimum Gasteiger partial charge on any atom is -0.383 e. The van der Waals surface area contributed by atoms with Gasteiger partial charge in [-0.15, -0.1) is 0 Å². The number of rotatable bonds is 2. The highest BCUT2D eigenvalue weighted by Crippen LogP contribution is 2.21. The van der Waals surface area contributed by atoms with Crippen molar-refractivity contribution in [2.24, 2.45) is 0 Å². The number of carbonyl (C=O) groups excluding carboxylic acids is 1. The van der Waals surface area contributed by atoms with E-state index in [9.17, 15) is 4.79 Å². The van der Waals surface area contributed by atoms with Crippen molar-refractivity contribution in [1.29, 1.82) is 0 Å². The highest BCUT2D eigenvalue weighted by molar-refractivity contribution is 5.89. The van der Waals surface area contributed by atoms with Crippen molar-refractivity contribution in [3.05, 3.63) is 59.7 Å². The topological polar surface area (TPSA) is 53.2 Å². The van der Waals surface area contributed by atoms with Crippen LogP contribution in [0.25, 0.3) is 0 Å². The van der Waals surface area contributed by atoms with Crippen LogP contribution in [0, 0.1) is 6.92 Å². The number of aryl methyl sites for hydroxylation is 1. The van der Waals surface area contributed by atoms with Crippen molar-refractivity contribution in [2.75, 3.05) is 17.2 Å². The molecule has 1 atom stereocenters. The summed E-state index contributed by atoms with van der Waals surface area (Å²) in [5.41, 5.74) is 4.34. The van der Waals surface area contributed by atoms with E-state index in [-0.39, 0.29) is 12.1 Å². The predicted octanol–water partition coefficient (Wildman–Crippen LogP) is 3.15. The number of benzene rings is 2. The fraction of sp³-hybridized carbons (Fsp3) is 0.235. The molecule has 0 saturated heterocycles. The van der Waals surface area contributed by atoms with Gasteiger partial charge in [-0.25, -0.2) is 4.79 Å². The van der Waals surface area contributed by atoms with E-state index in [1.54, 1.807) is 0 Å². The van der Waals surface area contributed by atoms with Crippen molar-refractivity contribution in [1.82, 2.24) is 5.32 Å². The smallest absolute Gasteiger partial charge is 0.319 e. The van der Waals surface area contributed by atoms with E-state index in [2.05, 4.69) is 28.1 Å². The van der Waals surface area contributed by atoms with Gasteiger partial charge in [-0.1, -0.05) is 30.3 Å². The molecule has 1 aliphatic heterocycles. The van der Waals surface area contributed by atoms with E-state index < -0.39 is 0 Å². The maximum absolute atomic E-state index is 12.1. The Kier molecular flexibility index (Phi) is 3.77. The highest BCUT2D eigenvalue weighted by atomic mass is 16.2. The Bertz CT molecular complexity index is 654. The molecule has 21 heavy (non-hydrogen) atoms. The van der Waals surface area contributed by atoms with E-state index >= 15 is 0 Å². The third kappa shape index (κ3) is 3.34. The summed E-state index contributed by atoms with van der Waals surface area (Å²) in [7, 11) is 0. The first-order valence-electron chi connectivity index (χ1n) is 7.17. The fourth-order valence-electron chi connectivity index (χ4n) is 2.62. The maximum Gasteiger partial charge on any atom is 0.319 e. The Labute approximate surface area is 124 Å². The zero-order valence-corrected chi connectivity index (χ0v) is 12.0. The predicted molar refractivity (Wildman–Crippen MR) is 85.8 cm³/mol. The van der Waals surface area contributed by atoms with Gasteiger partial charge in [0.05, 0.1) is 6.04 Å². The fourth-order valence-corrected chi connectivity index (χ4v) is 2.62. The maximum atomic E-state index is 12.1. The first-order chi connectivity index (χ1) is 10.2. The average molecular weight is 281 g/mol. The number of carbonyl (C=O) groups is 1. The van der Waals surface area contributed by atoms with Crippen molar-refractivity contribution in [3.8, 4) is 0 Å². The van der Waals surface area contributed by atoms with Crippen molar-refractivity contribution in [3.63, 3.8) is 0 Å². The number of nitrogens with one attached hydrogen (secondary N) is 3. The molecule has 4 nitrogen and oxygen atoms in total. The second kappa shape index (κ2) is 5.87. The van der Waals surface area contributed by atoms with Crippen LogP contribution in [0.4, 0.5) is 16.2 Å². The van der Waals surface area contributed by atoms with Gasteiger partial charge in [-0.2, -0.15) is 0 Å². The summed E-state index contributed by atoms with van der Waals surface area (Å²) in [6.45, 7) is 2.75. The number of fused-ring (bicyclic) bond motifs is 1. The highest BCUT2D eigenvalue weighted by Gasteiger charge is 2.19. The van der Waals surface area contributed by atoms with E-state index in [1.807, 2.05) is 43.3 Å². The van der Waals surface area contributed by atoms with Crippen LogP contribution in [0.15, 0.2) is 48.5 Å². The molecule has 2 amide bonds. The molecule has 0 radical (unpaired) electrons. The number of anilines is 2. The zero-order valence-electron chi connectivity index (χ0n) is 12.0. The summed E-state index contributed by atoms with van der Waals surface area (Å²) < 4.78 is 0. The molecule has 0 saturated carbocycles. The molecule has 0 spiro atoms. The first-order valence-corrected chi connectivity index (χ1v) is 7.17. The summed E-state index contributed by atoms with van der Waals surface area (Å²) in [6.07, 6.45) is 0.852. The summed E-state index contributed by atoms with van der Waals surface area (Å²) in [5.74, 6) is 0. The Hall–Kier alpha value is -2.49. The Morgan fingerprint density at radius 1 is 1.19 bits per heavy atom. The molecule has 0 fully saturated rings. The van der Waals surface area contributed by atoms with Gasteiger partial charge < -0.3 is 16.0 Å².